The molecule has 0 aliphatic heterocycles. The van der Waals surface area contributed by atoms with E-state index < -0.39 is 0 Å². The summed E-state index contributed by atoms with van der Waals surface area (Å²) in [7, 11) is 0. The zero-order valence-electron chi connectivity index (χ0n) is 12.7. The van der Waals surface area contributed by atoms with Crippen molar-refractivity contribution in [1.29, 1.82) is 0 Å². The molecule has 0 amide bonds. The minimum absolute atomic E-state index is 0.351. The van der Waals surface area contributed by atoms with Gasteiger partial charge in [0.1, 0.15) is 5.75 Å². The van der Waals surface area contributed by atoms with Gasteiger partial charge >= 0.3 is 0 Å². The number of nitrogens with one attached hydrogen (secondary N) is 1. The molecule has 1 aliphatic carbocycles. The fourth-order valence-corrected chi connectivity index (χ4v) is 3.92. The molecular weight excluding hydrogens is 234 g/mol. The predicted molar refractivity (Wildman–Crippen MR) is 80.1 cm³/mol. The maximum Gasteiger partial charge on any atom is 0.115 e. The second-order valence-electron chi connectivity index (χ2n) is 7.66. The van der Waals surface area contributed by atoms with Gasteiger partial charge in [0.05, 0.1) is 0 Å². The number of rotatable bonds is 3. The SMILES string of the molecule is CC1(C)CC(NCc2cccc(O)c2)CC(C)(C)C1. The lowest BCUT2D eigenvalue weighted by molar-refractivity contribution is 0.0845. The third-order valence-electron chi connectivity index (χ3n) is 4.06. The van der Waals surface area contributed by atoms with Gasteiger partial charge in [-0.1, -0.05) is 39.8 Å². The van der Waals surface area contributed by atoms with Gasteiger partial charge in [0.2, 0.25) is 0 Å². The summed E-state index contributed by atoms with van der Waals surface area (Å²) < 4.78 is 0. The molecule has 1 fully saturated rings. The highest BCUT2D eigenvalue weighted by Gasteiger charge is 2.38. The molecule has 106 valence electrons. The lowest BCUT2D eigenvalue weighted by Crippen LogP contribution is -2.43. The van der Waals surface area contributed by atoms with E-state index in [9.17, 15) is 5.11 Å². The average molecular weight is 261 g/mol. The normalized spacial score (nSPS) is 22.3. The molecule has 0 heterocycles. The van der Waals surface area contributed by atoms with Crippen LogP contribution >= 0.6 is 0 Å². The van der Waals surface area contributed by atoms with Crippen LogP contribution in [0.4, 0.5) is 0 Å². The van der Waals surface area contributed by atoms with Crippen LogP contribution in [-0.2, 0) is 6.54 Å². The molecule has 0 saturated heterocycles. The lowest BCUT2D eigenvalue weighted by Gasteiger charge is -2.45. The van der Waals surface area contributed by atoms with E-state index in [1.54, 1.807) is 6.07 Å². The quantitative estimate of drug-likeness (QED) is 0.859. The zero-order valence-corrected chi connectivity index (χ0v) is 12.7. The van der Waals surface area contributed by atoms with Crippen molar-refractivity contribution in [2.45, 2.75) is 59.5 Å². The second-order valence-corrected chi connectivity index (χ2v) is 7.66. The van der Waals surface area contributed by atoms with Crippen LogP contribution in [-0.4, -0.2) is 11.1 Å². The average Bonchev–Trinajstić information content (AvgIpc) is 2.22. The monoisotopic (exact) mass is 261 g/mol. The molecule has 2 nitrogen and oxygen atoms in total. The summed E-state index contributed by atoms with van der Waals surface area (Å²) in [6, 6.07) is 8.09. The molecule has 2 N–H and O–H groups in total. The molecule has 1 aliphatic rings. The van der Waals surface area contributed by atoms with Crippen LogP contribution in [0.1, 0.15) is 52.5 Å². The summed E-state index contributed by atoms with van der Waals surface area (Å²) in [5.41, 5.74) is 1.98. The summed E-state index contributed by atoms with van der Waals surface area (Å²) in [5.74, 6) is 0.351. The minimum atomic E-state index is 0.351. The summed E-state index contributed by atoms with van der Waals surface area (Å²) in [4.78, 5) is 0. The standard InChI is InChI=1S/C17H27NO/c1-16(2)9-14(10-17(3,4)12-16)18-11-13-6-5-7-15(19)8-13/h5-8,14,18-19H,9-12H2,1-4H3. The highest BCUT2D eigenvalue weighted by molar-refractivity contribution is 5.27. The van der Waals surface area contributed by atoms with Crippen molar-refractivity contribution in [2.24, 2.45) is 10.8 Å². The lowest BCUT2D eigenvalue weighted by atomic mass is 9.63. The van der Waals surface area contributed by atoms with Crippen molar-refractivity contribution < 1.29 is 5.11 Å². The number of hydrogen-bond acceptors (Lipinski definition) is 2. The van der Waals surface area contributed by atoms with E-state index in [0.717, 1.165) is 12.1 Å². The zero-order chi connectivity index (χ0) is 14.1. The molecule has 19 heavy (non-hydrogen) atoms. The van der Waals surface area contributed by atoms with Gasteiger partial charge in [0.25, 0.3) is 0 Å². The largest absolute Gasteiger partial charge is 0.508 e. The Morgan fingerprint density at radius 1 is 1.16 bits per heavy atom. The van der Waals surface area contributed by atoms with Crippen molar-refractivity contribution in [1.82, 2.24) is 5.32 Å². The first kappa shape index (κ1) is 14.4. The topological polar surface area (TPSA) is 32.3 Å². The van der Waals surface area contributed by atoms with Gasteiger partial charge in [-0.3, -0.25) is 0 Å². The molecule has 1 aromatic carbocycles. The van der Waals surface area contributed by atoms with Crippen molar-refractivity contribution in [3.8, 4) is 5.75 Å². The molecule has 0 bridgehead atoms. The maximum absolute atomic E-state index is 9.49. The van der Waals surface area contributed by atoms with E-state index in [1.807, 2.05) is 12.1 Å². The first-order valence-corrected chi connectivity index (χ1v) is 7.27. The third-order valence-corrected chi connectivity index (χ3v) is 4.06. The number of benzene rings is 1. The van der Waals surface area contributed by atoms with Crippen LogP contribution in [0.2, 0.25) is 0 Å². The Morgan fingerprint density at radius 2 is 1.79 bits per heavy atom. The molecule has 2 rings (SSSR count). The molecule has 1 aromatic rings. The molecule has 0 spiro atoms. The van der Waals surface area contributed by atoms with Gasteiger partial charge in [-0.2, -0.15) is 0 Å². The third kappa shape index (κ3) is 4.24. The smallest absolute Gasteiger partial charge is 0.115 e. The summed E-state index contributed by atoms with van der Waals surface area (Å²) in [6.45, 7) is 10.3. The van der Waals surface area contributed by atoms with Crippen LogP contribution < -0.4 is 5.32 Å². The number of hydrogen-bond donors (Lipinski definition) is 2. The van der Waals surface area contributed by atoms with E-state index in [4.69, 9.17) is 0 Å². The van der Waals surface area contributed by atoms with E-state index >= 15 is 0 Å². The second kappa shape index (κ2) is 5.16. The molecule has 2 heteroatoms. The maximum atomic E-state index is 9.49. The fourth-order valence-electron chi connectivity index (χ4n) is 3.92. The summed E-state index contributed by atoms with van der Waals surface area (Å²) in [5, 5.41) is 13.2. The van der Waals surface area contributed by atoms with Gasteiger partial charge in [0, 0.05) is 12.6 Å². The van der Waals surface area contributed by atoms with Gasteiger partial charge in [0.15, 0.2) is 0 Å². The van der Waals surface area contributed by atoms with Crippen molar-refractivity contribution in [2.75, 3.05) is 0 Å². The Kier molecular flexibility index (Phi) is 3.91. The Labute approximate surface area is 117 Å². The highest BCUT2D eigenvalue weighted by Crippen LogP contribution is 2.45. The van der Waals surface area contributed by atoms with Crippen LogP contribution in [0.5, 0.6) is 5.75 Å². The van der Waals surface area contributed by atoms with E-state index in [-0.39, 0.29) is 0 Å². The van der Waals surface area contributed by atoms with Crippen LogP contribution in [0.25, 0.3) is 0 Å². The number of aromatic hydroxyl groups is 1. The number of phenols is 1. The van der Waals surface area contributed by atoms with Gasteiger partial charge in [-0.15, -0.1) is 0 Å². The molecule has 0 atom stereocenters. The highest BCUT2D eigenvalue weighted by atomic mass is 16.3. The first-order valence-electron chi connectivity index (χ1n) is 7.27. The Balaban J connectivity index is 1.96. The van der Waals surface area contributed by atoms with E-state index in [1.165, 1.54) is 19.3 Å². The van der Waals surface area contributed by atoms with Crippen LogP contribution in [0, 0.1) is 10.8 Å². The molecule has 0 radical (unpaired) electrons. The number of phenolic OH excluding ortho intramolecular Hbond substituents is 1. The van der Waals surface area contributed by atoms with Gasteiger partial charge < -0.3 is 10.4 Å². The summed E-state index contributed by atoms with van der Waals surface area (Å²) >= 11 is 0. The van der Waals surface area contributed by atoms with E-state index in [2.05, 4.69) is 39.1 Å². The van der Waals surface area contributed by atoms with Gasteiger partial charge in [-0.05, 0) is 47.8 Å². The van der Waals surface area contributed by atoms with Crippen LogP contribution in [0.3, 0.4) is 0 Å². The molecule has 0 aromatic heterocycles. The van der Waals surface area contributed by atoms with Crippen molar-refractivity contribution in [3.63, 3.8) is 0 Å². The predicted octanol–water partition coefficient (Wildman–Crippen LogP) is 4.09. The summed E-state index contributed by atoms with van der Waals surface area (Å²) in [6.07, 6.45) is 3.76. The van der Waals surface area contributed by atoms with Crippen molar-refractivity contribution in [3.05, 3.63) is 29.8 Å². The minimum Gasteiger partial charge on any atom is -0.508 e. The Bertz CT molecular complexity index is 421. The fraction of sp³-hybridized carbons (Fsp3) is 0.647. The van der Waals surface area contributed by atoms with Gasteiger partial charge in [-0.25, -0.2) is 0 Å². The first-order chi connectivity index (χ1) is 8.76. The van der Waals surface area contributed by atoms with E-state index in [0.29, 0.717) is 22.6 Å². The molecular formula is C17H27NO. The molecule has 0 unspecified atom stereocenters. The molecule has 1 saturated carbocycles. The Morgan fingerprint density at radius 3 is 2.37 bits per heavy atom. The Hall–Kier alpha value is -1.02. The van der Waals surface area contributed by atoms with Crippen LogP contribution in [0.15, 0.2) is 24.3 Å². The van der Waals surface area contributed by atoms with Crippen molar-refractivity contribution >= 4 is 0 Å².